The summed E-state index contributed by atoms with van der Waals surface area (Å²) in [7, 11) is 0. The number of hydrogen-bond acceptors (Lipinski definition) is 3. The molecule has 0 aromatic carbocycles. The maximum absolute atomic E-state index is 4.36. The van der Waals surface area contributed by atoms with Crippen molar-refractivity contribution in [2.24, 2.45) is 0 Å². The molecule has 1 N–H and O–H groups in total. The summed E-state index contributed by atoms with van der Waals surface area (Å²) < 4.78 is 2.38. The van der Waals surface area contributed by atoms with Crippen LogP contribution >= 0.6 is 0 Å². The maximum atomic E-state index is 4.36. The highest BCUT2D eigenvalue weighted by molar-refractivity contribution is 5.00. The third kappa shape index (κ3) is 2.86. The number of aromatic nitrogens is 3. The van der Waals surface area contributed by atoms with Gasteiger partial charge in [0.25, 0.3) is 0 Å². The van der Waals surface area contributed by atoms with Crippen LogP contribution in [0.2, 0.25) is 0 Å². The van der Waals surface area contributed by atoms with Gasteiger partial charge in [-0.15, -0.1) is 10.2 Å². The number of hydrogen-bond donors (Lipinski definition) is 1. The van der Waals surface area contributed by atoms with Crippen LogP contribution in [-0.2, 0) is 6.42 Å². The van der Waals surface area contributed by atoms with E-state index < -0.39 is 0 Å². The minimum atomic E-state index is 0.476. The Hall–Kier alpha value is -0.900. The molecule has 0 spiro atoms. The third-order valence-corrected chi connectivity index (χ3v) is 3.67. The van der Waals surface area contributed by atoms with Crippen molar-refractivity contribution < 1.29 is 0 Å². The summed E-state index contributed by atoms with van der Waals surface area (Å²) in [5, 5.41) is 12.1. The Morgan fingerprint density at radius 3 is 2.71 bits per heavy atom. The average molecular weight is 236 g/mol. The number of nitrogens with one attached hydrogen (secondary N) is 1. The molecular weight excluding hydrogens is 212 g/mol. The molecule has 0 amide bonds. The third-order valence-electron chi connectivity index (χ3n) is 3.67. The molecule has 4 heteroatoms. The highest BCUT2D eigenvalue weighted by atomic mass is 15.3. The summed E-state index contributed by atoms with van der Waals surface area (Å²) >= 11 is 0. The van der Waals surface area contributed by atoms with Gasteiger partial charge in [0.2, 0.25) is 0 Å². The topological polar surface area (TPSA) is 42.7 Å². The van der Waals surface area contributed by atoms with Gasteiger partial charge in [0, 0.05) is 18.5 Å². The van der Waals surface area contributed by atoms with E-state index in [0.717, 1.165) is 24.6 Å². The Morgan fingerprint density at radius 2 is 2.06 bits per heavy atom. The molecule has 4 nitrogen and oxygen atoms in total. The van der Waals surface area contributed by atoms with Gasteiger partial charge in [-0.25, -0.2) is 0 Å². The molecule has 0 saturated heterocycles. The lowest BCUT2D eigenvalue weighted by Gasteiger charge is -2.18. The zero-order chi connectivity index (χ0) is 12.3. The highest BCUT2D eigenvalue weighted by Crippen LogP contribution is 2.31. The van der Waals surface area contributed by atoms with Gasteiger partial charge in [-0.3, -0.25) is 0 Å². The maximum Gasteiger partial charge on any atom is 0.134 e. The first-order chi connectivity index (χ1) is 8.22. The minimum Gasteiger partial charge on any atom is -0.314 e. The standard InChI is InChI=1S/C13H24N4/c1-4-14-10(2)9-13-16-15-11(3)17(13)12-7-5-6-8-12/h10,12,14H,4-9H2,1-3H3. The van der Waals surface area contributed by atoms with Crippen LogP contribution in [0, 0.1) is 6.92 Å². The molecule has 1 aliphatic rings. The van der Waals surface area contributed by atoms with Gasteiger partial charge in [-0.05, 0) is 33.2 Å². The van der Waals surface area contributed by atoms with Crippen LogP contribution in [0.15, 0.2) is 0 Å². The number of aryl methyl sites for hydroxylation is 1. The summed E-state index contributed by atoms with van der Waals surface area (Å²) in [6.07, 6.45) is 6.27. The van der Waals surface area contributed by atoms with Gasteiger partial charge >= 0.3 is 0 Å². The first-order valence-corrected chi connectivity index (χ1v) is 6.86. The lowest BCUT2D eigenvalue weighted by atomic mass is 10.2. The van der Waals surface area contributed by atoms with Gasteiger partial charge in [-0.1, -0.05) is 19.8 Å². The van der Waals surface area contributed by atoms with E-state index in [1.165, 1.54) is 25.7 Å². The van der Waals surface area contributed by atoms with Crippen molar-refractivity contribution in [1.82, 2.24) is 20.1 Å². The fourth-order valence-corrected chi connectivity index (χ4v) is 2.88. The molecule has 1 atom stereocenters. The molecule has 1 unspecified atom stereocenters. The number of nitrogens with zero attached hydrogens (tertiary/aromatic N) is 3. The van der Waals surface area contributed by atoms with Gasteiger partial charge in [0.1, 0.15) is 11.6 Å². The lowest BCUT2D eigenvalue weighted by Crippen LogP contribution is -2.29. The second-order valence-electron chi connectivity index (χ2n) is 5.13. The SMILES string of the molecule is CCNC(C)Cc1nnc(C)n1C1CCCC1. The van der Waals surface area contributed by atoms with Crippen LogP contribution < -0.4 is 5.32 Å². The fourth-order valence-electron chi connectivity index (χ4n) is 2.88. The minimum absolute atomic E-state index is 0.476. The first-order valence-electron chi connectivity index (χ1n) is 6.86. The van der Waals surface area contributed by atoms with E-state index in [1.807, 2.05) is 0 Å². The molecule has 1 heterocycles. The zero-order valence-corrected chi connectivity index (χ0v) is 11.2. The van der Waals surface area contributed by atoms with Crippen LogP contribution in [0.1, 0.15) is 57.2 Å². The van der Waals surface area contributed by atoms with Crippen molar-refractivity contribution in [3.63, 3.8) is 0 Å². The normalized spacial score (nSPS) is 18.8. The smallest absolute Gasteiger partial charge is 0.134 e. The quantitative estimate of drug-likeness (QED) is 0.852. The molecule has 1 fully saturated rings. The van der Waals surface area contributed by atoms with Crippen LogP contribution in [0.25, 0.3) is 0 Å². The molecule has 1 aromatic rings. The predicted molar refractivity (Wildman–Crippen MR) is 69.1 cm³/mol. The van der Waals surface area contributed by atoms with E-state index in [4.69, 9.17) is 0 Å². The van der Waals surface area contributed by atoms with Crippen molar-refractivity contribution in [1.29, 1.82) is 0 Å². The van der Waals surface area contributed by atoms with Crippen LogP contribution in [0.4, 0.5) is 0 Å². The second-order valence-corrected chi connectivity index (χ2v) is 5.13. The molecule has 0 bridgehead atoms. The predicted octanol–water partition coefficient (Wildman–Crippen LogP) is 2.24. The summed E-state index contributed by atoms with van der Waals surface area (Å²) in [5.74, 6) is 2.23. The molecule has 17 heavy (non-hydrogen) atoms. The Bertz CT molecular complexity index is 352. The first kappa shape index (κ1) is 12.6. The molecule has 1 saturated carbocycles. The van der Waals surface area contributed by atoms with E-state index in [1.54, 1.807) is 0 Å². The van der Waals surface area contributed by atoms with Crippen molar-refractivity contribution in [2.75, 3.05) is 6.54 Å². The monoisotopic (exact) mass is 236 g/mol. The second kappa shape index (κ2) is 5.63. The van der Waals surface area contributed by atoms with E-state index in [2.05, 4.69) is 40.9 Å². The summed E-state index contributed by atoms with van der Waals surface area (Å²) in [4.78, 5) is 0. The van der Waals surface area contributed by atoms with E-state index >= 15 is 0 Å². The van der Waals surface area contributed by atoms with Gasteiger partial charge in [-0.2, -0.15) is 0 Å². The molecule has 2 rings (SSSR count). The van der Waals surface area contributed by atoms with E-state index in [0.29, 0.717) is 12.1 Å². The van der Waals surface area contributed by atoms with Crippen LogP contribution in [0.3, 0.4) is 0 Å². The Balaban J connectivity index is 2.11. The molecule has 1 aliphatic carbocycles. The fraction of sp³-hybridized carbons (Fsp3) is 0.846. The van der Waals surface area contributed by atoms with Gasteiger partial charge < -0.3 is 9.88 Å². The largest absolute Gasteiger partial charge is 0.314 e. The Morgan fingerprint density at radius 1 is 1.35 bits per heavy atom. The van der Waals surface area contributed by atoms with E-state index in [-0.39, 0.29) is 0 Å². The molecule has 96 valence electrons. The summed E-state index contributed by atoms with van der Waals surface area (Å²) in [5.41, 5.74) is 0. The summed E-state index contributed by atoms with van der Waals surface area (Å²) in [6.45, 7) is 7.44. The molecule has 0 aliphatic heterocycles. The molecule has 1 aromatic heterocycles. The number of likely N-dealkylation sites (N-methyl/N-ethyl adjacent to an activating group) is 1. The summed E-state index contributed by atoms with van der Waals surface area (Å²) in [6, 6.07) is 1.12. The Labute approximate surface area is 104 Å². The van der Waals surface area contributed by atoms with Crippen molar-refractivity contribution in [3.05, 3.63) is 11.6 Å². The molecular formula is C13H24N4. The zero-order valence-electron chi connectivity index (χ0n) is 11.2. The Kier molecular flexibility index (Phi) is 4.15. The van der Waals surface area contributed by atoms with Crippen LogP contribution in [0.5, 0.6) is 0 Å². The van der Waals surface area contributed by atoms with Crippen molar-refractivity contribution >= 4 is 0 Å². The van der Waals surface area contributed by atoms with E-state index in [9.17, 15) is 0 Å². The average Bonchev–Trinajstić information content (AvgIpc) is 2.89. The number of rotatable bonds is 5. The lowest BCUT2D eigenvalue weighted by molar-refractivity contribution is 0.464. The van der Waals surface area contributed by atoms with Gasteiger partial charge in [0.15, 0.2) is 0 Å². The van der Waals surface area contributed by atoms with Gasteiger partial charge in [0.05, 0.1) is 0 Å². The highest BCUT2D eigenvalue weighted by Gasteiger charge is 2.22. The molecule has 0 radical (unpaired) electrons. The van der Waals surface area contributed by atoms with Crippen molar-refractivity contribution in [2.45, 2.75) is 65.0 Å². The van der Waals surface area contributed by atoms with Crippen molar-refractivity contribution in [3.8, 4) is 0 Å². The van der Waals surface area contributed by atoms with Crippen LogP contribution in [-0.4, -0.2) is 27.4 Å².